The highest BCUT2D eigenvalue weighted by molar-refractivity contribution is 9.10. The Kier molecular flexibility index (Phi) is 7.51. The Balaban J connectivity index is 2.14. The van der Waals surface area contributed by atoms with Crippen molar-refractivity contribution in [3.05, 3.63) is 87.4 Å². The van der Waals surface area contributed by atoms with E-state index in [0.29, 0.717) is 17.1 Å². The average Bonchev–Trinajstić information content (AvgIpc) is 2.74. The van der Waals surface area contributed by atoms with Crippen LogP contribution in [-0.2, 0) is 10.8 Å². The quantitative estimate of drug-likeness (QED) is 0.193. The van der Waals surface area contributed by atoms with E-state index < -0.39 is 0 Å². The number of phenolic OH excluding ortho intramolecular Hbond substituents is 2. The van der Waals surface area contributed by atoms with E-state index in [1.54, 1.807) is 24.4 Å². The van der Waals surface area contributed by atoms with Gasteiger partial charge in [-0.15, -0.1) is 0 Å². The summed E-state index contributed by atoms with van der Waals surface area (Å²) < 4.78 is 0.841. The highest BCUT2D eigenvalue weighted by Crippen LogP contribution is 2.40. The van der Waals surface area contributed by atoms with Crippen molar-refractivity contribution in [1.29, 1.82) is 0 Å². The van der Waals surface area contributed by atoms with Crippen LogP contribution in [-0.4, -0.2) is 22.3 Å². The molecule has 0 spiro atoms. The van der Waals surface area contributed by atoms with E-state index in [-0.39, 0.29) is 16.6 Å². The van der Waals surface area contributed by atoms with E-state index in [0.717, 1.165) is 26.9 Å². The maximum absolute atomic E-state index is 11.1. The number of hydrogen-bond acceptors (Lipinski definition) is 4. The molecule has 0 unspecified atom stereocenters. The van der Waals surface area contributed by atoms with Gasteiger partial charge in [-0.25, -0.2) is 4.99 Å². The first kappa shape index (κ1) is 25.5. The van der Waals surface area contributed by atoms with Gasteiger partial charge >= 0.3 is 0 Å². The van der Waals surface area contributed by atoms with E-state index in [1.165, 1.54) is 0 Å². The monoisotopic (exact) mass is 521 g/mol. The zero-order valence-electron chi connectivity index (χ0n) is 20.5. The summed E-state index contributed by atoms with van der Waals surface area (Å²) >= 11 is 3.42. The summed E-state index contributed by atoms with van der Waals surface area (Å²) in [5.74, 6) is 0.975. The standard InChI is InChI=1S/C28H32BrN3O2/c1-27(2,3)22-15-18(16-23(25(22)34)28(4,5)6)26(31-21-10-8-7-9-11-21)32-30-17-19-14-20(29)12-13-24(19)33/h7-17,33-34H,1-6H3,(H,31,32). The third-order valence-electron chi connectivity index (χ3n) is 5.36. The highest BCUT2D eigenvalue weighted by Gasteiger charge is 2.27. The third-order valence-corrected chi connectivity index (χ3v) is 5.85. The molecule has 0 amide bonds. The summed E-state index contributed by atoms with van der Waals surface area (Å²) in [6.07, 6.45) is 1.55. The van der Waals surface area contributed by atoms with Crippen molar-refractivity contribution in [1.82, 2.24) is 5.43 Å². The molecule has 0 saturated heterocycles. The number of nitrogens with zero attached hydrogens (tertiary/aromatic N) is 2. The van der Waals surface area contributed by atoms with Crippen molar-refractivity contribution in [3.8, 4) is 11.5 Å². The molecule has 0 radical (unpaired) electrons. The molecule has 3 aromatic carbocycles. The van der Waals surface area contributed by atoms with Gasteiger partial charge in [0, 0.05) is 26.7 Å². The number of rotatable bonds is 4. The van der Waals surface area contributed by atoms with Crippen LogP contribution in [0.2, 0.25) is 0 Å². The number of benzene rings is 3. The van der Waals surface area contributed by atoms with Gasteiger partial charge < -0.3 is 10.2 Å². The molecule has 3 rings (SSSR count). The minimum atomic E-state index is -0.274. The minimum Gasteiger partial charge on any atom is -0.507 e. The van der Waals surface area contributed by atoms with Gasteiger partial charge in [0.2, 0.25) is 0 Å². The second-order valence-electron chi connectivity index (χ2n) is 10.3. The molecule has 5 nitrogen and oxygen atoms in total. The molecule has 0 heterocycles. The summed E-state index contributed by atoms with van der Waals surface area (Å²) in [4.78, 5) is 4.81. The number of hydrazone groups is 1. The van der Waals surface area contributed by atoms with Gasteiger partial charge in [0.25, 0.3) is 0 Å². The molecule has 3 aromatic rings. The van der Waals surface area contributed by atoms with Crippen molar-refractivity contribution < 1.29 is 10.2 Å². The van der Waals surface area contributed by atoms with Crippen LogP contribution in [0, 0.1) is 0 Å². The van der Waals surface area contributed by atoms with Crippen LogP contribution in [0.5, 0.6) is 11.5 Å². The fourth-order valence-electron chi connectivity index (χ4n) is 3.49. The summed E-state index contributed by atoms with van der Waals surface area (Å²) in [6, 6.07) is 18.7. The lowest BCUT2D eigenvalue weighted by Gasteiger charge is -2.28. The molecule has 0 bridgehead atoms. The normalized spacial score (nSPS) is 12.9. The number of aliphatic imine (C=N–C) groups is 1. The van der Waals surface area contributed by atoms with E-state index in [4.69, 9.17) is 4.99 Å². The fourth-order valence-corrected chi connectivity index (χ4v) is 3.87. The molecule has 0 aromatic heterocycles. The zero-order valence-corrected chi connectivity index (χ0v) is 22.1. The average molecular weight is 522 g/mol. The number of nitrogens with one attached hydrogen (secondary N) is 1. The topological polar surface area (TPSA) is 77.2 Å². The Hall–Kier alpha value is -3.12. The second kappa shape index (κ2) is 10.0. The predicted octanol–water partition coefficient (Wildman–Crippen LogP) is 7.16. The van der Waals surface area contributed by atoms with Crippen molar-refractivity contribution >= 4 is 33.7 Å². The van der Waals surface area contributed by atoms with Crippen LogP contribution in [0.25, 0.3) is 0 Å². The van der Waals surface area contributed by atoms with E-state index in [2.05, 4.69) is 68.0 Å². The Labute approximate surface area is 210 Å². The van der Waals surface area contributed by atoms with Gasteiger partial charge in [-0.1, -0.05) is 75.7 Å². The third kappa shape index (κ3) is 6.26. The Bertz CT molecular complexity index is 1190. The summed E-state index contributed by atoms with van der Waals surface area (Å²) in [7, 11) is 0. The van der Waals surface area contributed by atoms with Crippen molar-refractivity contribution in [2.24, 2.45) is 10.1 Å². The number of para-hydroxylation sites is 1. The minimum absolute atomic E-state index is 0.130. The first-order valence-electron chi connectivity index (χ1n) is 11.2. The van der Waals surface area contributed by atoms with Crippen LogP contribution in [0.15, 0.2) is 75.2 Å². The largest absolute Gasteiger partial charge is 0.507 e. The molecule has 0 aliphatic heterocycles. The Morgan fingerprint density at radius 2 is 1.44 bits per heavy atom. The maximum atomic E-state index is 11.1. The lowest BCUT2D eigenvalue weighted by atomic mass is 9.78. The number of halogens is 1. The molecule has 3 N–H and O–H groups in total. The van der Waals surface area contributed by atoms with Crippen LogP contribution in [0.1, 0.15) is 63.8 Å². The van der Waals surface area contributed by atoms with E-state index in [1.807, 2.05) is 42.5 Å². The molecular formula is C28H32BrN3O2. The van der Waals surface area contributed by atoms with Crippen LogP contribution in [0.3, 0.4) is 0 Å². The zero-order chi connectivity index (χ0) is 25.1. The first-order valence-corrected chi connectivity index (χ1v) is 12.0. The van der Waals surface area contributed by atoms with Crippen LogP contribution >= 0.6 is 15.9 Å². The predicted molar refractivity (Wildman–Crippen MR) is 145 cm³/mol. The molecule has 0 aliphatic rings. The molecule has 178 valence electrons. The molecule has 0 atom stereocenters. The molecule has 0 fully saturated rings. The second-order valence-corrected chi connectivity index (χ2v) is 11.2. The first-order chi connectivity index (χ1) is 15.9. The van der Waals surface area contributed by atoms with Crippen LogP contribution < -0.4 is 5.43 Å². The van der Waals surface area contributed by atoms with Gasteiger partial charge in [0.05, 0.1) is 11.9 Å². The van der Waals surface area contributed by atoms with Gasteiger partial charge in [-0.2, -0.15) is 5.10 Å². The highest BCUT2D eigenvalue weighted by atomic mass is 79.9. The maximum Gasteiger partial charge on any atom is 0.154 e. The molecular weight excluding hydrogens is 490 g/mol. The summed E-state index contributed by atoms with van der Waals surface area (Å²) in [5, 5.41) is 25.6. The van der Waals surface area contributed by atoms with E-state index in [9.17, 15) is 10.2 Å². The number of amidine groups is 1. The number of aromatic hydroxyl groups is 2. The Morgan fingerprint density at radius 3 is 2.00 bits per heavy atom. The van der Waals surface area contributed by atoms with Crippen molar-refractivity contribution in [3.63, 3.8) is 0 Å². The SMILES string of the molecule is CC(C)(C)c1cc(C(=Nc2ccccc2)NN=Cc2cc(Br)ccc2O)cc(C(C)(C)C)c1O. The lowest BCUT2D eigenvalue weighted by molar-refractivity contribution is 0.423. The fraction of sp³-hybridized carbons (Fsp3) is 0.286. The van der Waals surface area contributed by atoms with Gasteiger partial charge in [-0.05, 0) is 53.3 Å². The van der Waals surface area contributed by atoms with E-state index >= 15 is 0 Å². The summed E-state index contributed by atoms with van der Waals surface area (Å²) in [5.41, 5.74) is 6.35. The summed E-state index contributed by atoms with van der Waals surface area (Å²) in [6.45, 7) is 12.5. The molecule has 0 aliphatic carbocycles. The van der Waals surface area contributed by atoms with Crippen molar-refractivity contribution in [2.75, 3.05) is 0 Å². The van der Waals surface area contributed by atoms with Crippen molar-refractivity contribution in [2.45, 2.75) is 52.4 Å². The van der Waals surface area contributed by atoms with Gasteiger partial charge in [0.1, 0.15) is 11.5 Å². The molecule has 6 heteroatoms. The number of phenols is 2. The number of hydrogen-bond donors (Lipinski definition) is 3. The molecule has 34 heavy (non-hydrogen) atoms. The van der Waals surface area contributed by atoms with Gasteiger partial charge in [0.15, 0.2) is 5.84 Å². The smallest absolute Gasteiger partial charge is 0.154 e. The lowest BCUT2D eigenvalue weighted by Crippen LogP contribution is -2.23. The van der Waals surface area contributed by atoms with Gasteiger partial charge in [-0.3, -0.25) is 5.43 Å². The van der Waals surface area contributed by atoms with Crippen LogP contribution in [0.4, 0.5) is 5.69 Å². The molecule has 0 saturated carbocycles. The Morgan fingerprint density at radius 1 is 0.853 bits per heavy atom.